The summed E-state index contributed by atoms with van der Waals surface area (Å²) < 4.78 is 10.6. The first-order valence-electron chi connectivity index (χ1n) is 10.7. The summed E-state index contributed by atoms with van der Waals surface area (Å²) in [7, 11) is 3.27. The zero-order valence-electron chi connectivity index (χ0n) is 18.1. The monoisotopic (exact) mass is 404 g/mol. The molecule has 2 rings (SSSR count). The van der Waals surface area contributed by atoms with Gasteiger partial charge in [0.2, 0.25) is 5.91 Å². The molecule has 1 aliphatic carbocycles. The first kappa shape index (κ1) is 22.8. The number of methoxy groups -OCH3 is 2. The second kappa shape index (κ2) is 12.9. The van der Waals surface area contributed by atoms with Crippen LogP contribution >= 0.6 is 0 Å². The van der Waals surface area contributed by atoms with Gasteiger partial charge in [-0.05, 0) is 43.9 Å². The maximum absolute atomic E-state index is 12.1. The summed E-state index contributed by atoms with van der Waals surface area (Å²) in [6.07, 6.45) is 7.19. The lowest BCUT2D eigenvalue weighted by Crippen LogP contribution is -2.39. The molecule has 0 saturated heterocycles. The average Bonchev–Trinajstić information content (AvgIpc) is 2.74. The van der Waals surface area contributed by atoms with Gasteiger partial charge in [-0.1, -0.05) is 25.3 Å². The fourth-order valence-corrected chi connectivity index (χ4v) is 3.52. The first-order valence-corrected chi connectivity index (χ1v) is 10.7. The Bertz CT molecular complexity index is 657. The molecule has 162 valence electrons. The van der Waals surface area contributed by atoms with Crippen molar-refractivity contribution in [1.82, 2.24) is 16.0 Å². The maximum atomic E-state index is 12.1. The molecule has 0 bridgehead atoms. The zero-order valence-corrected chi connectivity index (χ0v) is 18.1. The predicted molar refractivity (Wildman–Crippen MR) is 117 cm³/mol. The van der Waals surface area contributed by atoms with Gasteiger partial charge in [0.15, 0.2) is 17.5 Å². The van der Waals surface area contributed by atoms with Crippen molar-refractivity contribution in [2.45, 2.75) is 57.9 Å². The highest BCUT2D eigenvalue weighted by Gasteiger charge is 2.15. The second-order valence-electron chi connectivity index (χ2n) is 7.28. The third-order valence-electron chi connectivity index (χ3n) is 5.08. The Morgan fingerprint density at radius 2 is 1.86 bits per heavy atom. The van der Waals surface area contributed by atoms with Crippen molar-refractivity contribution in [2.75, 3.05) is 33.9 Å². The number of hydrogen-bond acceptors (Lipinski definition) is 4. The molecule has 1 fully saturated rings. The first-order chi connectivity index (χ1) is 14.2. The number of aliphatic imine (C=N–C) groups is 1. The lowest BCUT2D eigenvalue weighted by atomic mass is 9.95. The van der Waals surface area contributed by atoms with Crippen LogP contribution in [0.5, 0.6) is 11.5 Å². The fraction of sp³-hybridized carbons (Fsp3) is 0.636. The zero-order chi connectivity index (χ0) is 20.9. The van der Waals surface area contributed by atoms with E-state index in [9.17, 15) is 4.79 Å². The highest BCUT2D eigenvalue weighted by Crippen LogP contribution is 2.27. The molecule has 0 aromatic heterocycles. The van der Waals surface area contributed by atoms with Crippen molar-refractivity contribution in [2.24, 2.45) is 4.99 Å². The third-order valence-corrected chi connectivity index (χ3v) is 5.08. The third kappa shape index (κ3) is 8.21. The molecule has 1 aliphatic rings. The van der Waals surface area contributed by atoms with E-state index in [1.807, 2.05) is 25.1 Å². The summed E-state index contributed by atoms with van der Waals surface area (Å²) in [5.74, 6) is 2.29. The Hall–Kier alpha value is -2.44. The van der Waals surface area contributed by atoms with E-state index in [0.717, 1.165) is 55.4 Å². The minimum absolute atomic E-state index is 0.0989. The number of rotatable bonds is 10. The lowest BCUT2D eigenvalue weighted by molar-refractivity contribution is -0.121. The Morgan fingerprint density at radius 1 is 1.10 bits per heavy atom. The smallest absolute Gasteiger partial charge is 0.222 e. The number of benzene rings is 1. The Kier molecular flexibility index (Phi) is 10.2. The summed E-state index contributed by atoms with van der Waals surface area (Å²) in [4.78, 5) is 16.6. The number of guanidine groups is 1. The summed E-state index contributed by atoms with van der Waals surface area (Å²) in [5.41, 5.74) is 1.15. The van der Waals surface area contributed by atoms with Crippen LogP contribution < -0.4 is 25.4 Å². The van der Waals surface area contributed by atoms with Gasteiger partial charge in [0, 0.05) is 25.6 Å². The lowest BCUT2D eigenvalue weighted by Gasteiger charge is -2.22. The fourth-order valence-electron chi connectivity index (χ4n) is 3.52. The maximum Gasteiger partial charge on any atom is 0.222 e. The molecule has 1 amide bonds. The Morgan fingerprint density at radius 3 is 2.55 bits per heavy atom. The van der Waals surface area contributed by atoms with Gasteiger partial charge >= 0.3 is 0 Å². The van der Waals surface area contributed by atoms with Gasteiger partial charge in [-0.25, -0.2) is 0 Å². The molecule has 0 radical (unpaired) electrons. The number of nitrogens with zero attached hydrogens (tertiary/aromatic N) is 1. The van der Waals surface area contributed by atoms with Crippen LogP contribution in [-0.2, 0) is 11.2 Å². The van der Waals surface area contributed by atoms with E-state index in [2.05, 4.69) is 20.9 Å². The van der Waals surface area contributed by atoms with E-state index >= 15 is 0 Å². The van der Waals surface area contributed by atoms with Gasteiger partial charge in [-0.3, -0.25) is 9.79 Å². The van der Waals surface area contributed by atoms with Gasteiger partial charge in [0.25, 0.3) is 0 Å². The molecular formula is C22H36N4O3. The topological polar surface area (TPSA) is 84.0 Å². The van der Waals surface area contributed by atoms with Crippen molar-refractivity contribution in [3.05, 3.63) is 23.8 Å². The number of carbonyl (C=O) groups is 1. The van der Waals surface area contributed by atoms with E-state index in [1.165, 1.54) is 19.3 Å². The molecular weight excluding hydrogens is 368 g/mol. The molecule has 1 saturated carbocycles. The number of hydrogen-bond donors (Lipinski definition) is 3. The van der Waals surface area contributed by atoms with Crippen molar-refractivity contribution >= 4 is 11.9 Å². The van der Waals surface area contributed by atoms with Crippen LogP contribution in [0.25, 0.3) is 0 Å². The molecule has 3 N–H and O–H groups in total. The molecule has 0 atom stereocenters. The molecule has 0 spiro atoms. The molecule has 0 heterocycles. The molecule has 0 unspecified atom stereocenters. The number of amides is 1. The molecule has 7 nitrogen and oxygen atoms in total. The number of carbonyl (C=O) groups excluding carboxylic acids is 1. The van der Waals surface area contributed by atoms with Crippen LogP contribution in [0.4, 0.5) is 0 Å². The largest absolute Gasteiger partial charge is 0.493 e. The van der Waals surface area contributed by atoms with E-state index in [-0.39, 0.29) is 5.91 Å². The van der Waals surface area contributed by atoms with Crippen molar-refractivity contribution in [3.8, 4) is 11.5 Å². The molecule has 29 heavy (non-hydrogen) atoms. The van der Waals surface area contributed by atoms with Gasteiger partial charge in [-0.2, -0.15) is 0 Å². The number of ether oxygens (including phenoxy) is 2. The molecule has 1 aromatic rings. The standard InChI is InChI=1S/C22H36N4O3/c1-4-23-22(25-15-13-21(27)26-18-8-6-5-7-9-18)24-14-12-17-10-11-19(28-2)20(16-17)29-3/h10-11,16,18H,4-9,12-15H2,1-3H3,(H,26,27)(H2,23,24,25). The van der Waals surface area contributed by atoms with Crippen LogP contribution in [0.2, 0.25) is 0 Å². The predicted octanol–water partition coefficient (Wildman–Crippen LogP) is 2.64. The van der Waals surface area contributed by atoms with Crippen LogP contribution in [-0.4, -0.2) is 51.8 Å². The van der Waals surface area contributed by atoms with Crippen molar-refractivity contribution in [1.29, 1.82) is 0 Å². The second-order valence-corrected chi connectivity index (χ2v) is 7.28. The SMILES string of the molecule is CCNC(=NCCC(=O)NC1CCCCC1)NCCc1ccc(OC)c(OC)c1. The van der Waals surface area contributed by atoms with Crippen molar-refractivity contribution in [3.63, 3.8) is 0 Å². The summed E-state index contributed by atoms with van der Waals surface area (Å²) in [5, 5.41) is 9.69. The van der Waals surface area contributed by atoms with Crippen LogP contribution in [0, 0.1) is 0 Å². The highest BCUT2D eigenvalue weighted by atomic mass is 16.5. The van der Waals surface area contributed by atoms with Gasteiger partial charge in [0.05, 0.1) is 20.8 Å². The van der Waals surface area contributed by atoms with Crippen LogP contribution in [0.1, 0.15) is 51.0 Å². The van der Waals surface area contributed by atoms with Crippen LogP contribution in [0.15, 0.2) is 23.2 Å². The van der Waals surface area contributed by atoms with Crippen LogP contribution in [0.3, 0.4) is 0 Å². The molecule has 1 aromatic carbocycles. The minimum atomic E-state index is 0.0989. The Labute approximate surface area is 174 Å². The minimum Gasteiger partial charge on any atom is -0.493 e. The molecule has 7 heteroatoms. The molecule has 0 aliphatic heterocycles. The summed E-state index contributed by atoms with van der Waals surface area (Å²) >= 11 is 0. The van der Waals surface area contributed by atoms with Gasteiger partial charge in [0.1, 0.15) is 0 Å². The van der Waals surface area contributed by atoms with Crippen molar-refractivity contribution < 1.29 is 14.3 Å². The van der Waals surface area contributed by atoms with E-state index < -0.39 is 0 Å². The van der Waals surface area contributed by atoms with E-state index in [0.29, 0.717) is 19.0 Å². The summed E-state index contributed by atoms with van der Waals surface area (Å²) in [6, 6.07) is 6.29. The number of nitrogens with one attached hydrogen (secondary N) is 3. The van der Waals surface area contributed by atoms with E-state index in [1.54, 1.807) is 14.2 Å². The van der Waals surface area contributed by atoms with E-state index in [4.69, 9.17) is 9.47 Å². The summed E-state index contributed by atoms with van der Waals surface area (Å²) in [6.45, 7) is 4.01. The van der Waals surface area contributed by atoms with Gasteiger partial charge in [-0.15, -0.1) is 0 Å². The average molecular weight is 405 g/mol. The highest BCUT2D eigenvalue weighted by molar-refractivity contribution is 5.80. The normalized spacial score (nSPS) is 14.9. The quantitative estimate of drug-likeness (QED) is 0.412. The van der Waals surface area contributed by atoms with Gasteiger partial charge < -0.3 is 25.4 Å². The Balaban J connectivity index is 1.76.